The molecular weight excluding hydrogens is 840 g/mol. The number of phosphoric acid groups is 1. The van der Waals surface area contributed by atoms with E-state index in [2.05, 4.69) is 92.1 Å². The Bertz CT molecular complexity index is 1390. The zero-order valence-corrected chi connectivity index (χ0v) is 44.0. The van der Waals surface area contributed by atoms with E-state index in [9.17, 15) is 19.4 Å². The van der Waals surface area contributed by atoms with Gasteiger partial charge in [0, 0.05) is 6.42 Å². The number of aliphatic hydroxyl groups excluding tert-OH is 1. The first-order valence-electron chi connectivity index (χ1n) is 26.6. The Kier molecular flexibility index (Phi) is 45.6. The van der Waals surface area contributed by atoms with Crippen molar-refractivity contribution in [3.8, 4) is 0 Å². The lowest BCUT2D eigenvalue weighted by molar-refractivity contribution is -0.870. The van der Waals surface area contributed by atoms with Crippen molar-refractivity contribution in [2.75, 3.05) is 40.9 Å². The normalized spacial score (nSPS) is 14.8. The molecule has 8 nitrogen and oxygen atoms in total. The van der Waals surface area contributed by atoms with Crippen LogP contribution in [-0.4, -0.2) is 68.5 Å². The van der Waals surface area contributed by atoms with Crippen LogP contribution in [0.4, 0.5) is 0 Å². The molecule has 0 spiro atoms. The highest BCUT2D eigenvalue weighted by molar-refractivity contribution is 7.45. The monoisotopic (exact) mass is 941 g/mol. The fraction of sp³-hybridized carbons (Fsp3) is 0.702. The minimum atomic E-state index is -4.64. The molecule has 3 unspecified atom stereocenters. The molecule has 0 heterocycles. The van der Waals surface area contributed by atoms with Gasteiger partial charge in [-0.3, -0.25) is 9.36 Å². The number of aliphatic hydroxyl groups is 1. The van der Waals surface area contributed by atoms with Crippen molar-refractivity contribution in [2.45, 2.75) is 219 Å². The Hall–Kier alpha value is -2.58. The van der Waals surface area contributed by atoms with Crippen LogP contribution in [0.3, 0.4) is 0 Å². The highest BCUT2D eigenvalue weighted by Gasteiger charge is 2.23. The Morgan fingerprint density at radius 3 is 1.38 bits per heavy atom. The minimum Gasteiger partial charge on any atom is -0.756 e. The number of hydrogen-bond donors (Lipinski definition) is 2. The smallest absolute Gasteiger partial charge is 0.268 e. The number of unbranched alkanes of at least 4 members (excludes halogenated alkanes) is 21. The van der Waals surface area contributed by atoms with E-state index in [-0.39, 0.29) is 18.9 Å². The molecule has 3 atom stereocenters. The number of likely N-dealkylation sites (N-methyl/N-ethyl adjacent to an activating group) is 1. The first-order valence-corrected chi connectivity index (χ1v) is 28.1. The number of carbonyl (C=O) groups is 1. The van der Waals surface area contributed by atoms with Crippen LogP contribution in [0, 0.1) is 0 Å². The summed E-state index contributed by atoms with van der Waals surface area (Å²) < 4.78 is 23.2. The lowest BCUT2D eigenvalue weighted by Crippen LogP contribution is -2.45. The number of nitrogens with zero attached hydrogens (tertiary/aromatic N) is 1. The van der Waals surface area contributed by atoms with E-state index in [0.29, 0.717) is 23.9 Å². The number of carbonyl (C=O) groups excluding carboxylic acids is 1. The predicted octanol–water partition coefficient (Wildman–Crippen LogP) is 15.2. The summed E-state index contributed by atoms with van der Waals surface area (Å²) in [5, 5.41) is 13.7. The molecule has 0 aromatic heterocycles. The molecule has 0 aliphatic heterocycles. The number of amides is 1. The van der Waals surface area contributed by atoms with Gasteiger partial charge in [-0.15, -0.1) is 0 Å². The van der Waals surface area contributed by atoms with Crippen molar-refractivity contribution in [1.82, 2.24) is 5.32 Å². The van der Waals surface area contributed by atoms with Gasteiger partial charge in [0.1, 0.15) is 13.2 Å². The molecular formula is C57H101N2O6P. The van der Waals surface area contributed by atoms with Gasteiger partial charge in [0.05, 0.1) is 39.9 Å². The molecule has 0 saturated carbocycles. The molecule has 2 N–H and O–H groups in total. The van der Waals surface area contributed by atoms with E-state index >= 15 is 0 Å². The highest BCUT2D eigenvalue weighted by Crippen LogP contribution is 2.38. The number of allylic oxidation sites excluding steroid dienone is 14. The summed E-state index contributed by atoms with van der Waals surface area (Å²) in [5.41, 5.74) is 0. The molecule has 66 heavy (non-hydrogen) atoms. The van der Waals surface area contributed by atoms with E-state index in [4.69, 9.17) is 9.05 Å². The molecule has 0 radical (unpaired) electrons. The van der Waals surface area contributed by atoms with E-state index in [0.717, 1.165) is 44.9 Å². The molecule has 0 saturated heterocycles. The van der Waals surface area contributed by atoms with Crippen LogP contribution >= 0.6 is 7.82 Å². The standard InChI is InChI=1S/C57H101N2O6P/c1-6-8-10-12-14-16-18-20-22-23-24-25-26-27-28-29-30-31-32-33-34-35-37-38-40-42-44-46-48-50-56(60)55(54-65-66(62,63)64-53-52-59(3,4)5)58-57(61)51-49-47-45-43-41-39-36-21-19-17-15-13-11-9-7-2/h9,11,15,17,21,34-36,40-43,47-50,55-56,60H,6-8,10,12-14,16,18-20,22-33,37-39,44-46,51-54H2,1-5H3,(H-,58,61,62,63)/b11-9-,17-15-,35-34+,36-21-,42-40+,43-41-,49-47-,50-48+. The molecule has 0 aromatic carbocycles. The Balaban J connectivity index is 4.37. The quantitative estimate of drug-likeness (QED) is 0.0272. The average molecular weight is 941 g/mol. The summed E-state index contributed by atoms with van der Waals surface area (Å²) in [5.74, 6) is -0.341. The zero-order chi connectivity index (χ0) is 48.5. The summed E-state index contributed by atoms with van der Waals surface area (Å²) in [6, 6.07) is -0.970. The van der Waals surface area contributed by atoms with Gasteiger partial charge >= 0.3 is 0 Å². The van der Waals surface area contributed by atoms with Crippen LogP contribution in [0.25, 0.3) is 0 Å². The molecule has 0 aliphatic carbocycles. The summed E-state index contributed by atoms with van der Waals surface area (Å²) in [6.07, 6.45) is 68.2. The van der Waals surface area contributed by atoms with Crippen LogP contribution in [0.15, 0.2) is 97.2 Å². The van der Waals surface area contributed by atoms with Crippen molar-refractivity contribution >= 4 is 13.7 Å². The van der Waals surface area contributed by atoms with Gasteiger partial charge in [-0.1, -0.05) is 227 Å². The van der Waals surface area contributed by atoms with Crippen LogP contribution < -0.4 is 10.2 Å². The number of phosphoric ester groups is 1. The SMILES string of the molecule is CC/C=C\C/C=C\C/C=C\C/C=C\C/C=C\CC(=O)NC(COP(=O)([O-])OCC[N+](C)(C)C)C(O)/C=C/CC/C=C/CC/C=C/CCCCCCCCCCCCCCCCCCCCC. The molecule has 380 valence electrons. The number of nitrogens with one attached hydrogen (secondary N) is 1. The number of hydrogen-bond acceptors (Lipinski definition) is 6. The van der Waals surface area contributed by atoms with E-state index < -0.39 is 26.6 Å². The zero-order valence-electron chi connectivity index (χ0n) is 43.1. The largest absolute Gasteiger partial charge is 0.756 e. The maximum atomic E-state index is 12.8. The molecule has 1 amide bonds. The number of rotatable bonds is 47. The molecule has 9 heteroatoms. The van der Waals surface area contributed by atoms with Crippen LogP contribution in [0.1, 0.15) is 206 Å². The first-order chi connectivity index (χ1) is 32.0. The van der Waals surface area contributed by atoms with Gasteiger partial charge in [0.15, 0.2) is 0 Å². The predicted molar refractivity (Wildman–Crippen MR) is 283 cm³/mol. The molecule has 0 aromatic rings. The average Bonchev–Trinajstić information content (AvgIpc) is 3.28. The summed E-state index contributed by atoms with van der Waals surface area (Å²) in [6.45, 7) is 4.42. The van der Waals surface area contributed by atoms with Crippen molar-refractivity contribution in [1.29, 1.82) is 0 Å². The van der Waals surface area contributed by atoms with Gasteiger partial charge < -0.3 is 28.8 Å². The summed E-state index contributed by atoms with van der Waals surface area (Å²) >= 11 is 0. The molecule has 0 bridgehead atoms. The third-order valence-electron chi connectivity index (χ3n) is 11.3. The third kappa shape index (κ3) is 49.3. The minimum absolute atomic E-state index is 0.0305. The second kappa shape index (κ2) is 47.5. The van der Waals surface area contributed by atoms with Gasteiger partial charge in [-0.2, -0.15) is 0 Å². The van der Waals surface area contributed by atoms with Crippen molar-refractivity contribution in [2.24, 2.45) is 0 Å². The van der Waals surface area contributed by atoms with Crippen LogP contribution in [-0.2, 0) is 18.4 Å². The topological polar surface area (TPSA) is 108 Å². The lowest BCUT2D eigenvalue weighted by atomic mass is 10.0. The van der Waals surface area contributed by atoms with Crippen molar-refractivity contribution in [3.63, 3.8) is 0 Å². The van der Waals surface area contributed by atoms with Crippen LogP contribution in [0.5, 0.6) is 0 Å². The molecule has 0 aliphatic rings. The second-order valence-corrected chi connectivity index (χ2v) is 20.3. The van der Waals surface area contributed by atoms with Gasteiger partial charge in [0.25, 0.3) is 7.82 Å². The third-order valence-corrected chi connectivity index (χ3v) is 12.2. The fourth-order valence-corrected chi connectivity index (χ4v) is 7.86. The maximum Gasteiger partial charge on any atom is 0.268 e. The van der Waals surface area contributed by atoms with E-state index in [1.165, 1.54) is 128 Å². The molecule has 0 fully saturated rings. The van der Waals surface area contributed by atoms with Gasteiger partial charge in [-0.05, 0) is 70.6 Å². The highest BCUT2D eigenvalue weighted by atomic mass is 31.2. The fourth-order valence-electron chi connectivity index (χ4n) is 7.13. The van der Waals surface area contributed by atoms with Crippen LogP contribution in [0.2, 0.25) is 0 Å². The first kappa shape index (κ1) is 63.4. The Morgan fingerprint density at radius 1 is 0.545 bits per heavy atom. The van der Waals surface area contributed by atoms with E-state index in [1.807, 2.05) is 33.3 Å². The Morgan fingerprint density at radius 2 is 0.939 bits per heavy atom. The van der Waals surface area contributed by atoms with Gasteiger partial charge in [0.2, 0.25) is 5.91 Å². The van der Waals surface area contributed by atoms with E-state index in [1.54, 1.807) is 12.2 Å². The number of quaternary nitrogens is 1. The lowest BCUT2D eigenvalue weighted by Gasteiger charge is -2.29. The maximum absolute atomic E-state index is 12.8. The summed E-state index contributed by atoms with van der Waals surface area (Å²) in [4.78, 5) is 25.3. The van der Waals surface area contributed by atoms with Gasteiger partial charge in [-0.25, -0.2) is 0 Å². The Labute approximate surface area is 407 Å². The summed E-state index contributed by atoms with van der Waals surface area (Å²) in [7, 11) is 1.17. The van der Waals surface area contributed by atoms with Crippen molar-refractivity contribution < 1.29 is 32.9 Å². The van der Waals surface area contributed by atoms with Crippen molar-refractivity contribution in [3.05, 3.63) is 97.2 Å². The second-order valence-electron chi connectivity index (χ2n) is 18.8. The molecule has 0 rings (SSSR count).